The van der Waals surface area contributed by atoms with E-state index in [9.17, 15) is 9.18 Å². The minimum absolute atomic E-state index is 0.00903. The monoisotopic (exact) mass is 260 g/mol. The molecule has 0 amide bonds. The van der Waals surface area contributed by atoms with Crippen LogP contribution in [-0.2, 0) is 23.5 Å². The van der Waals surface area contributed by atoms with Gasteiger partial charge < -0.3 is 28.5 Å². The molecule has 2 atom stereocenters. The third-order valence-electron chi connectivity index (χ3n) is 1.46. The molecule has 0 aliphatic heterocycles. The lowest BCUT2D eigenvalue weighted by Crippen LogP contribution is -2.32. The lowest BCUT2D eigenvalue weighted by molar-refractivity contribution is -0.161. The molecule has 0 spiro atoms. The molecule has 0 aromatic heterocycles. The second kappa shape index (κ2) is 9.83. The highest BCUT2D eigenvalue weighted by molar-refractivity contribution is 7.39. The van der Waals surface area contributed by atoms with Gasteiger partial charge in [-0.1, -0.05) is 0 Å². The van der Waals surface area contributed by atoms with Crippen LogP contribution in [0.4, 0.5) is 4.39 Å². The van der Waals surface area contributed by atoms with Crippen molar-refractivity contribution in [3.63, 3.8) is 0 Å². The van der Waals surface area contributed by atoms with E-state index in [1.165, 1.54) is 0 Å². The standard InChI is InChI=1S/C7H14FO7P/c1-12-7(8)6(14-5-9)4-13-2-3-15-16(10)11/h5-7,10-11H,2-4H2,1H3. The largest absolute Gasteiger partial charge is 0.456 e. The molecule has 0 heterocycles. The summed E-state index contributed by atoms with van der Waals surface area (Å²) in [4.78, 5) is 26.8. The summed E-state index contributed by atoms with van der Waals surface area (Å²) in [5.74, 6) is 0. The molecule has 0 aliphatic carbocycles. The van der Waals surface area contributed by atoms with Crippen molar-refractivity contribution in [2.45, 2.75) is 12.5 Å². The Morgan fingerprint density at radius 3 is 2.62 bits per heavy atom. The normalized spacial score (nSPS) is 14.8. The molecule has 0 saturated heterocycles. The molecule has 96 valence electrons. The summed E-state index contributed by atoms with van der Waals surface area (Å²) < 4.78 is 30.9. The van der Waals surface area contributed by atoms with Gasteiger partial charge in [0.25, 0.3) is 6.47 Å². The first-order chi connectivity index (χ1) is 7.61. The molecule has 2 N–H and O–H groups in total. The maximum absolute atomic E-state index is 12.9. The van der Waals surface area contributed by atoms with Crippen molar-refractivity contribution >= 4 is 15.1 Å². The Morgan fingerprint density at radius 2 is 2.12 bits per heavy atom. The predicted molar refractivity (Wildman–Crippen MR) is 51.0 cm³/mol. The molecular weight excluding hydrogens is 246 g/mol. The highest BCUT2D eigenvalue weighted by Gasteiger charge is 2.22. The van der Waals surface area contributed by atoms with E-state index in [0.717, 1.165) is 7.11 Å². The van der Waals surface area contributed by atoms with Gasteiger partial charge in [-0.25, -0.2) is 4.39 Å². The molecule has 0 saturated carbocycles. The molecule has 0 aliphatic rings. The first-order valence-electron chi connectivity index (χ1n) is 4.26. The van der Waals surface area contributed by atoms with Gasteiger partial charge in [0.1, 0.15) is 0 Å². The highest BCUT2D eigenvalue weighted by atomic mass is 31.2. The molecule has 0 aromatic carbocycles. The summed E-state index contributed by atoms with van der Waals surface area (Å²) in [6, 6.07) is 0. The predicted octanol–water partition coefficient (Wildman–Crippen LogP) is -0.285. The van der Waals surface area contributed by atoms with E-state index >= 15 is 0 Å². The molecule has 0 radical (unpaired) electrons. The van der Waals surface area contributed by atoms with E-state index in [2.05, 4.69) is 14.0 Å². The maximum atomic E-state index is 12.9. The zero-order valence-corrected chi connectivity index (χ0v) is 9.51. The summed E-state index contributed by atoms with van der Waals surface area (Å²) in [7, 11) is -1.30. The zero-order chi connectivity index (χ0) is 12.4. The van der Waals surface area contributed by atoms with E-state index in [0.29, 0.717) is 0 Å². The quantitative estimate of drug-likeness (QED) is 0.317. The van der Waals surface area contributed by atoms with Gasteiger partial charge in [0.15, 0.2) is 6.10 Å². The van der Waals surface area contributed by atoms with Crippen LogP contribution in [0.2, 0.25) is 0 Å². The van der Waals surface area contributed by atoms with Crippen LogP contribution in [0, 0.1) is 0 Å². The molecule has 0 bridgehead atoms. The Balaban J connectivity index is 3.63. The topological polar surface area (TPSA) is 94.5 Å². The Morgan fingerprint density at radius 1 is 1.44 bits per heavy atom. The van der Waals surface area contributed by atoms with Crippen molar-refractivity contribution in [1.29, 1.82) is 0 Å². The van der Waals surface area contributed by atoms with E-state index in [-0.39, 0.29) is 26.3 Å². The van der Waals surface area contributed by atoms with Crippen molar-refractivity contribution in [2.75, 3.05) is 26.9 Å². The summed E-state index contributed by atoms with van der Waals surface area (Å²) in [5.41, 5.74) is 0. The Hall–Kier alpha value is -0.370. The van der Waals surface area contributed by atoms with Crippen LogP contribution in [0.5, 0.6) is 0 Å². The van der Waals surface area contributed by atoms with Gasteiger partial charge in [-0.3, -0.25) is 4.79 Å². The fraction of sp³-hybridized carbons (Fsp3) is 0.857. The van der Waals surface area contributed by atoms with Gasteiger partial charge in [0, 0.05) is 7.11 Å². The van der Waals surface area contributed by atoms with E-state index in [1.807, 2.05) is 0 Å². The van der Waals surface area contributed by atoms with Crippen LogP contribution in [0.15, 0.2) is 0 Å². The zero-order valence-electron chi connectivity index (χ0n) is 8.61. The number of ether oxygens (including phenoxy) is 3. The molecule has 9 heteroatoms. The fourth-order valence-electron chi connectivity index (χ4n) is 0.777. The smallest absolute Gasteiger partial charge is 0.327 e. The number of hydrogen-bond acceptors (Lipinski definition) is 7. The van der Waals surface area contributed by atoms with Crippen LogP contribution < -0.4 is 0 Å². The lowest BCUT2D eigenvalue weighted by Gasteiger charge is -2.17. The van der Waals surface area contributed by atoms with Crippen molar-refractivity contribution in [3.05, 3.63) is 0 Å². The van der Waals surface area contributed by atoms with E-state index in [4.69, 9.17) is 14.5 Å². The summed E-state index contributed by atoms with van der Waals surface area (Å²) in [5, 5.41) is 0. The van der Waals surface area contributed by atoms with Crippen molar-refractivity contribution in [2.24, 2.45) is 0 Å². The number of carbonyl (C=O) groups is 1. The molecule has 0 rings (SSSR count). The molecule has 7 nitrogen and oxygen atoms in total. The first-order valence-corrected chi connectivity index (χ1v) is 5.42. The number of alkyl halides is 1. The van der Waals surface area contributed by atoms with Gasteiger partial charge in [-0.2, -0.15) is 0 Å². The lowest BCUT2D eigenvalue weighted by atomic mass is 10.4. The number of rotatable bonds is 10. The summed E-state index contributed by atoms with van der Waals surface area (Å²) in [6.45, 7) is -0.172. The van der Waals surface area contributed by atoms with Crippen LogP contribution in [0.3, 0.4) is 0 Å². The van der Waals surface area contributed by atoms with Gasteiger partial charge in [0.05, 0.1) is 19.8 Å². The number of hydrogen-bond donors (Lipinski definition) is 2. The van der Waals surface area contributed by atoms with Crippen LogP contribution >= 0.6 is 8.60 Å². The first kappa shape index (κ1) is 15.6. The fourth-order valence-corrected chi connectivity index (χ4v) is 1.02. The Bertz CT molecular complexity index is 182. The molecule has 2 unspecified atom stereocenters. The van der Waals surface area contributed by atoms with Crippen LogP contribution in [0.1, 0.15) is 0 Å². The maximum Gasteiger partial charge on any atom is 0.327 e. The van der Waals surface area contributed by atoms with E-state index < -0.39 is 21.1 Å². The second-order valence-corrected chi connectivity index (χ2v) is 3.28. The van der Waals surface area contributed by atoms with Gasteiger partial charge in [-0.15, -0.1) is 0 Å². The van der Waals surface area contributed by atoms with E-state index in [1.54, 1.807) is 0 Å². The van der Waals surface area contributed by atoms with Gasteiger partial charge in [0.2, 0.25) is 6.36 Å². The highest BCUT2D eigenvalue weighted by Crippen LogP contribution is 2.23. The second-order valence-electron chi connectivity index (χ2n) is 2.52. The van der Waals surface area contributed by atoms with Gasteiger partial charge >= 0.3 is 8.60 Å². The third-order valence-corrected chi connectivity index (χ3v) is 1.88. The number of methoxy groups -OCH3 is 1. The summed E-state index contributed by atoms with van der Waals surface area (Å²) >= 11 is 0. The Labute approximate surface area is 93.1 Å². The average Bonchev–Trinajstić information content (AvgIpc) is 2.25. The average molecular weight is 260 g/mol. The number of halogens is 1. The van der Waals surface area contributed by atoms with Crippen molar-refractivity contribution in [1.82, 2.24) is 0 Å². The molecule has 0 aromatic rings. The van der Waals surface area contributed by atoms with Crippen LogP contribution in [0.25, 0.3) is 0 Å². The minimum Gasteiger partial charge on any atom is -0.456 e. The van der Waals surface area contributed by atoms with Crippen molar-refractivity contribution < 1.29 is 37.7 Å². The van der Waals surface area contributed by atoms with Gasteiger partial charge in [-0.05, 0) is 0 Å². The number of carbonyl (C=O) groups excluding carboxylic acids is 1. The van der Waals surface area contributed by atoms with Crippen LogP contribution in [-0.4, -0.2) is 55.7 Å². The third kappa shape index (κ3) is 7.86. The van der Waals surface area contributed by atoms with Crippen molar-refractivity contribution in [3.8, 4) is 0 Å². The molecular formula is C7H14FO7P. The molecule has 16 heavy (non-hydrogen) atoms. The molecule has 0 fully saturated rings. The Kier molecular flexibility index (Phi) is 9.60. The minimum atomic E-state index is -2.42. The summed E-state index contributed by atoms with van der Waals surface area (Å²) in [6.07, 6.45) is -2.94. The SMILES string of the molecule is COC(F)C(COCCOP(O)O)OC=O.